The van der Waals surface area contributed by atoms with Gasteiger partial charge < -0.3 is 10.5 Å². The van der Waals surface area contributed by atoms with Crippen molar-refractivity contribution in [3.8, 4) is 0 Å². The molecule has 0 aromatic heterocycles. The van der Waals surface area contributed by atoms with E-state index in [0.717, 1.165) is 17.6 Å². The van der Waals surface area contributed by atoms with Gasteiger partial charge in [0.2, 0.25) is 0 Å². The van der Waals surface area contributed by atoms with Crippen molar-refractivity contribution in [1.29, 1.82) is 0 Å². The largest absolute Gasteiger partial charge is 0.457 e. The molecule has 3 heteroatoms. The molecule has 0 spiro atoms. The lowest BCUT2D eigenvalue weighted by atomic mass is 10.0. The Hall–Kier alpha value is -2.13. The Morgan fingerprint density at radius 1 is 1.32 bits per heavy atom. The molecule has 0 heterocycles. The number of carbonyl (C=O) groups excluding carboxylic acids is 1. The lowest BCUT2D eigenvalue weighted by Crippen LogP contribution is -2.18. The Kier molecular flexibility index (Phi) is 7.33. The average Bonchev–Trinajstić information content (AvgIpc) is 2.50. The highest BCUT2D eigenvalue weighted by molar-refractivity contribution is 5.93. The Labute approximate surface area is 133 Å². The number of esters is 1. The van der Waals surface area contributed by atoms with Crippen LogP contribution >= 0.6 is 0 Å². The van der Waals surface area contributed by atoms with Gasteiger partial charge in [-0.3, -0.25) is 0 Å². The zero-order chi connectivity index (χ0) is 16.5. The number of hydrogen-bond donors (Lipinski definition) is 1. The average molecular weight is 299 g/mol. The first-order chi connectivity index (χ1) is 10.4. The summed E-state index contributed by atoms with van der Waals surface area (Å²) >= 11 is 0. The van der Waals surface area contributed by atoms with E-state index in [0.29, 0.717) is 17.6 Å². The maximum absolute atomic E-state index is 12.2. The van der Waals surface area contributed by atoms with Crippen molar-refractivity contribution >= 4 is 5.97 Å². The predicted molar refractivity (Wildman–Crippen MR) is 91.2 cm³/mol. The molecule has 2 N–H and O–H groups in total. The fraction of sp³-hybridized carbons (Fsp3) is 0.316. The second-order valence-corrected chi connectivity index (χ2v) is 5.43. The van der Waals surface area contributed by atoms with Gasteiger partial charge in [-0.05, 0) is 37.0 Å². The standard InChI is InChI=1S/C19H25NO2/c1-5-17(20)11-15(4)12-18(14(2)3)19(21)22-13-16-9-7-6-8-10-16/h6-10,12,17H,2,4-5,11,13,20H2,1,3H3/b18-12+. The number of ether oxygens (including phenoxy) is 1. The van der Waals surface area contributed by atoms with Crippen molar-refractivity contribution in [2.45, 2.75) is 39.3 Å². The summed E-state index contributed by atoms with van der Waals surface area (Å²) in [5.74, 6) is -0.387. The number of carbonyl (C=O) groups is 1. The fourth-order valence-electron chi connectivity index (χ4n) is 1.90. The summed E-state index contributed by atoms with van der Waals surface area (Å²) in [4.78, 5) is 12.2. The van der Waals surface area contributed by atoms with E-state index in [4.69, 9.17) is 10.5 Å². The molecule has 0 saturated heterocycles. The Morgan fingerprint density at radius 2 is 1.95 bits per heavy atom. The van der Waals surface area contributed by atoms with E-state index in [2.05, 4.69) is 13.2 Å². The molecule has 1 unspecified atom stereocenters. The van der Waals surface area contributed by atoms with Crippen molar-refractivity contribution in [3.05, 3.63) is 71.8 Å². The number of allylic oxidation sites excluding steroid dienone is 1. The summed E-state index contributed by atoms with van der Waals surface area (Å²) in [5, 5.41) is 0. The smallest absolute Gasteiger partial charge is 0.338 e. The third-order valence-corrected chi connectivity index (χ3v) is 3.29. The topological polar surface area (TPSA) is 52.3 Å². The van der Waals surface area contributed by atoms with Crippen LogP contribution < -0.4 is 5.73 Å². The van der Waals surface area contributed by atoms with Crippen molar-refractivity contribution in [1.82, 2.24) is 0 Å². The van der Waals surface area contributed by atoms with Crippen molar-refractivity contribution in [3.63, 3.8) is 0 Å². The number of benzene rings is 1. The van der Waals surface area contributed by atoms with Gasteiger partial charge in [0.1, 0.15) is 6.61 Å². The van der Waals surface area contributed by atoms with E-state index in [1.54, 1.807) is 13.0 Å². The zero-order valence-corrected chi connectivity index (χ0v) is 13.5. The van der Waals surface area contributed by atoms with Crippen LogP contribution in [-0.4, -0.2) is 12.0 Å². The highest BCUT2D eigenvalue weighted by Crippen LogP contribution is 2.16. The summed E-state index contributed by atoms with van der Waals surface area (Å²) in [6.07, 6.45) is 3.25. The van der Waals surface area contributed by atoms with Crippen LogP contribution in [0.5, 0.6) is 0 Å². The molecule has 0 aliphatic rings. The van der Waals surface area contributed by atoms with E-state index < -0.39 is 0 Å². The SMILES string of the molecule is C=C(/C=C(\C(=C)C)C(=O)OCc1ccccc1)CC(N)CC. The summed E-state index contributed by atoms with van der Waals surface area (Å²) in [5.41, 5.74) is 8.77. The quantitative estimate of drug-likeness (QED) is 0.450. The minimum Gasteiger partial charge on any atom is -0.457 e. The minimum atomic E-state index is -0.387. The molecule has 0 fully saturated rings. The van der Waals surface area contributed by atoms with Crippen LogP contribution in [0.4, 0.5) is 0 Å². The first kappa shape index (κ1) is 17.9. The van der Waals surface area contributed by atoms with Gasteiger partial charge in [-0.15, -0.1) is 0 Å². The zero-order valence-electron chi connectivity index (χ0n) is 13.5. The number of nitrogens with two attached hydrogens (primary N) is 1. The molecule has 0 radical (unpaired) electrons. The highest BCUT2D eigenvalue weighted by atomic mass is 16.5. The highest BCUT2D eigenvalue weighted by Gasteiger charge is 2.13. The Balaban J connectivity index is 2.71. The van der Waals surface area contributed by atoms with Crippen LogP contribution in [-0.2, 0) is 16.1 Å². The molecule has 118 valence electrons. The Bertz CT molecular complexity index is 558. The second kappa shape index (κ2) is 9.00. The minimum absolute atomic E-state index is 0.0514. The molecule has 0 bridgehead atoms. The Morgan fingerprint density at radius 3 is 2.50 bits per heavy atom. The van der Waals surface area contributed by atoms with E-state index in [-0.39, 0.29) is 18.6 Å². The van der Waals surface area contributed by atoms with Crippen LogP contribution in [0.3, 0.4) is 0 Å². The summed E-state index contributed by atoms with van der Waals surface area (Å²) < 4.78 is 5.34. The third kappa shape index (κ3) is 6.10. The molecule has 3 nitrogen and oxygen atoms in total. The molecule has 1 aromatic rings. The molecule has 0 amide bonds. The summed E-state index contributed by atoms with van der Waals surface area (Å²) in [6.45, 7) is 11.8. The molecule has 1 rings (SSSR count). The van der Waals surface area contributed by atoms with Gasteiger partial charge in [0, 0.05) is 6.04 Å². The van der Waals surface area contributed by atoms with Gasteiger partial charge in [0.15, 0.2) is 0 Å². The molecule has 1 atom stereocenters. The van der Waals surface area contributed by atoms with E-state index >= 15 is 0 Å². The van der Waals surface area contributed by atoms with Gasteiger partial charge in [-0.1, -0.05) is 56.0 Å². The number of hydrogen-bond acceptors (Lipinski definition) is 3. The first-order valence-electron chi connectivity index (χ1n) is 7.46. The third-order valence-electron chi connectivity index (χ3n) is 3.29. The fourth-order valence-corrected chi connectivity index (χ4v) is 1.90. The predicted octanol–water partition coefficient (Wildman–Crippen LogP) is 3.92. The maximum Gasteiger partial charge on any atom is 0.338 e. The molecular formula is C19H25NO2. The summed E-state index contributed by atoms with van der Waals surface area (Å²) in [6, 6.07) is 9.62. The lowest BCUT2D eigenvalue weighted by molar-refractivity contribution is -0.140. The van der Waals surface area contributed by atoms with E-state index in [9.17, 15) is 4.79 Å². The molecule has 0 aliphatic heterocycles. The first-order valence-corrected chi connectivity index (χ1v) is 7.46. The monoisotopic (exact) mass is 299 g/mol. The summed E-state index contributed by atoms with van der Waals surface area (Å²) in [7, 11) is 0. The molecule has 0 saturated carbocycles. The van der Waals surface area contributed by atoms with Gasteiger partial charge >= 0.3 is 5.97 Å². The lowest BCUT2D eigenvalue weighted by Gasteiger charge is -2.11. The maximum atomic E-state index is 12.2. The second-order valence-electron chi connectivity index (χ2n) is 5.43. The molecule has 1 aromatic carbocycles. The van der Waals surface area contributed by atoms with Crippen LogP contribution in [0.2, 0.25) is 0 Å². The molecular weight excluding hydrogens is 274 g/mol. The normalized spacial score (nSPS) is 12.6. The van der Waals surface area contributed by atoms with Crippen molar-refractivity contribution in [2.24, 2.45) is 5.73 Å². The van der Waals surface area contributed by atoms with Crippen molar-refractivity contribution < 1.29 is 9.53 Å². The van der Waals surface area contributed by atoms with E-state index in [1.165, 1.54) is 0 Å². The molecule has 22 heavy (non-hydrogen) atoms. The van der Waals surface area contributed by atoms with Crippen LogP contribution in [0, 0.1) is 0 Å². The van der Waals surface area contributed by atoms with Gasteiger partial charge in [0.05, 0.1) is 5.57 Å². The van der Waals surface area contributed by atoms with Crippen molar-refractivity contribution in [2.75, 3.05) is 0 Å². The van der Waals surface area contributed by atoms with Gasteiger partial charge in [-0.25, -0.2) is 4.79 Å². The van der Waals surface area contributed by atoms with Gasteiger partial charge in [-0.2, -0.15) is 0 Å². The van der Waals surface area contributed by atoms with Crippen LogP contribution in [0.1, 0.15) is 32.3 Å². The number of rotatable bonds is 8. The molecule has 0 aliphatic carbocycles. The van der Waals surface area contributed by atoms with Crippen LogP contribution in [0.25, 0.3) is 0 Å². The van der Waals surface area contributed by atoms with Crippen LogP contribution in [0.15, 0.2) is 66.3 Å². The van der Waals surface area contributed by atoms with E-state index in [1.807, 2.05) is 37.3 Å². The van der Waals surface area contributed by atoms with Gasteiger partial charge in [0.25, 0.3) is 0 Å².